The predicted octanol–water partition coefficient (Wildman–Crippen LogP) is 19.1. The van der Waals surface area contributed by atoms with Crippen LogP contribution >= 0.6 is 0 Å². The number of fused-ring (bicyclic) bond motifs is 6. The van der Waals surface area contributed by atoms with Crippen molar-refractivity contribution in [2.24, 2.45) is 41.4 Å². The highest BCUT2D eigenvalue weighted by molar-refractivity contribution is 5.84. The molecule has 5 fully saturated rings. The van der Waals surface area contributed by atoms with Crippen molar-refractivity contribution >= 4 is 59.7 Å². The Bertz CT molecular complexity index is 4070. The number of benzene rings is 6. The first kappa shape index (κ1) is 104. The Kier molecular flexibility index (Phi) is 49.6. The quantitative estimate of drug-likeness (QED) is 0.0155. The van der Waals surface area contributed by atoms with Gasteiger partial charge in [-0.3, -0.25) is 0 Å². The minimum absolute atomic E-state index is 0.170. The predicted molar refractivity (Wildman–Crippen MR) is 479 cm³/mol. The highest BCUT2D eigenvalue weighted by Crippen LogP contribution is 2.61. The molecule has 0 radical (unpaired) electrons. The van der Waals surface area contributed by atoms with E-state index in [2.05, 4.69) is 93.8 Å². The standard InChI is InChI=1S/C25H28O6.C21H20O4.C20H18O5.C14H20O2.C9H16.C5H8O2.2C4H6O2/c1-5-23(26)30-17-15-28-21-11-7-19(8-12-21)25(3,4)20-9-13-22(14-10-20)29-16-18-31-24(27)6-2;1-3-20(22)24-14-18-9-5-16(6-10-18)13-17-7-11-19(12-8-17)15-25-21(23)4-2;1-3-19(21)23-13-15-5-9-17(10-6-15)25-18-11-7-16(8-12-18)14-24-20(22)4-2;1-2-14(15)16-8-10-6-9-7-13(10)12-5-3-4-11(9)12;1-2-5-9-7-3-6-8(9)4-1;1-3-5(6)7-4-2;2*1-3-4(5)6-2/h5-14H,1-2,15-18H2,3-4H3;3-12H,1-2,13-15H2;3-12H,1-2,13-14H2;2,9-13H,1,3-8H2;8-9H,1-7H2;3H,1,4H2,2H3;2*3H,1H2,2H3. The molecule has 5 saturated carbocycles. The van der Waals surface area contributed by atoms with Gasteiger partial charge in [0.15, 0.2) is 0 Å². The van der Waals surface area contributed by atoms with Crippen LogP contribution in [0.1, 0.15) is 142 Å². The molecule has 11 rings (SSSR count). The van der Waals surface area contributed by atoms with Gasteiger partial charge in [0.1, 0.15) is 75.9 Å². The third-order valence-electron chi connectivity index (χ3n) is 21.0. The van der Waals surface area contributed by atoms with Gasteiger partial charge in [-0.05, 0) is 173 Å². The lowest BCUT2D eigenvalue weighted by atomic mass is 9.76. The summed E-state index contributed by atoms with van der Waals surface area (Å²) in [6.45, 7) is 41.9. The molecule has 5 aliphatic carbocycles. The number of methoxy groups -OCH3 is 2. The van der Waals surface area contributed by atoms with Crippen molar-refractivity contribution in [1.82, 2.24) is 0 Å². The minimum Gasteiger partial charge on any atom is -0.490 e. The maximum atomic E-state index is 11.1. The van der Waals surface area contributed by atoms with Crippen molar-refractivity contribution in [2.75, 3.05) is 53.9 Å². The first-order valence-electron chi connectivity index (χ1n) is 41.5. The maximum absolute atomic E-state index is 11.1. The molecule has 125 heavy (non-hydrogen) atoms. The monoisotopic (exact) mass is 1710 g/mol. The van der Waals surface area contributed by atoms with Gasteiger partial charge in [-0.1, -0.05) is 228 Å². The number of ether oxygens (including phenoxy) is 13. The molecule has 2 bridgehead atoms. The average molecular weight is 1720 g/mol. The van der Waals surface area contributed by atoms with Gasteiger partial charge < -0.3 is 61.6 Å². The zero-order chi connectivity index (χ0) is 91.7. The summed E-state index contributed by atoms with van der Waals surface area (Å²) in [7, 11) is 2.62. The van der Waals surface area contributed by atoms with E-state index in [-0.39, 0.29) is 70.2 Å². The Morgan fingerprint density at radius 3 is 0.936 bits per heavy atom. The number of hydrogen-bond acceptors (Lipinski definition) is 23. The second-order valence-corrected chi connectivity index (χ2v) is 29.5. The molecule has 6 aromatic rings. The van der Waals surface area contributed by atoms with Crippen molar-refractivity contribution in [1.29, 1.82) is 0 Å². The maximum Gasteiger partial charge on any atom is 0.330 e. The van der Waals surface area contributed by atoms with Gasteiger partial charge in [0.2, 0.25) is 0 Å². The number of rotatable bonds is 35. The lowest BCUT2D eigenvalue weighted by molar-refractivity contribution is -0.140. The molecule has 0 heterocycles. The van der Waals surface area contributed by atoms with Crippen LogP contribution in [-0.2, 0) is 134 Å². The minimum atomic E-state index is -0.465. The molecule has 7 atom stereocenters. The van der Waals surface area contributed by atoms with E-state index in [0.29, 0.717) is 42.1 Å². The van der Waals surface area contributed by atoms with Crippen LogP contribution in [0.4, 0.5) is 0 Å². The molecule has 5 aliphatic rings. The van der Waals surface area contributed by atoms with Gasteiger partial charge in [-0.15, -0.1) is 0 Å². The summed E-state index contributed by atoms with van der Waals surface area (Å²) < 4.78 is 64.5. The zero-order valence-electron chi connectivity index (χ0n) is 72.9. The molecule has 0 aliphatic heterocycles. The summed E-state index contributed by atoms with van der Waals surface area (Å²) in [5.41, 5.74) is 7.90. The Balaban J connectivity index is 0.000000319. The van der Waals surface area contributed by atoms with E-state index in [4.69, 9.17) is 47.4 Å². The number of carbonyl (C=O) groups is 10. The smallest absolute Gasteiger partial charge is 0.330 e. The highest BCUT2D eigenvalue weighted by atomic mass is 16.6. The fourth-order valence-electron chi connectivity index (χ4n) is 14.6. The van der Waals surface area contributed by atoms with Gasteiger partial charge >= 0.3 is 59.7 Å². The van der Waals surface area contributed by atoms with E-state index in [1.54, 1.807) is 56.9 Å². The van der Waals surface area contributed by atoms with Crippen LogP contribution in [-0.4, -0.2) is 114 Å². The van der Waals surface area contributed by atoms with Crippen molar-refractivity contribution in [3.05, 3.63) is 317 Å². The summed E-state index contributed by atoms with van der Waals surface area (Å²) >= 11 is 0. The van der Waals surface area contributed by atoms with Crippen LogP contribution < -0.4 is 14.2 Å². The summed E-state index contributed by atoms with van der Waals surface area (Å²) in [6.07, 6.45) is 30.1. The Labute approximate surface area is 736 Å². The van der Waals surface area contributed by atoms with E-state index in [0.717, 1.165) is 129 Å². The molecule has 6 aromatic carbocycles. The van der Waals surface area contributed by atoms with Gasteiger partial charge in [0, 0.05) is 66.2 Å². The fraction of sp³-hybridized carbons (Fsp3) is 0.353. The molecule has 0 spiro atoms. The summed E-state index contributed by atoms with van der Waals surface area (Å²) in [4.78, 5) is 107. The normalized spacial score (nSPS) is 16.4. The molecular formula is C102H122O23. The van der Waals surface area contributed by atoms with Crippen LogP contribution in [0.5, 0.6) is 23.0 Å². The van der Waals surface area contributed by atoms with Crippen LogP contribution in [0.25, 0.3) is 0 Å². The first-order valence-corrected chi connectivity index (χ1v) is 41.5. The Morgan fingerprint density at radius 1 is 0.312 bits per heavy atom. The molecule has 0 saturated heterocycles. The van der Waals surface area contributed by atoms with Crippen molar-refractivity contribution in [2.45, 2.75) is 136 Å². The lowest BCUT2D eigenvalue weighted by Crippen LogP contribution is -2.28. The van der Waals surface area contributed by atoms with Gasteiger partial charge in [0.25, 0.3) is 0 Å². The van der Waals surface area contributed by atoms with Gasteiger partial charge in [-0.2, -0.15) is 0 Å². The van der Waals surface area contributed by atoms with Crippen LogP contribution in [0.15, 0.2) is 272 Å². The average Bonchev–Trinajstić information content (AvgIpc) is 1.60. The fourth-order valence-corrected chi connectivity index (χ4v) is 14.6. The molecule has 668 valence electrons. The topological polar surface area (TPSA) is 291 Å². The van der Waals surface area contributed by atoms with Crippen molar-refractivity contribution < 1.29 is 110 Å². The molecule has 0 N–H and O–H groups in total. The number of esters is 10. The van der Waals surface area contributed by atoms with E-state index in [1.165, 1.54) is 83.5 Å². The van der Waals surface area contributed by atoms with Gasteiger partial charge in [0.05, 0.1) is 27.4 Å². The molecule has 7 unspecified atom stereocenters. The van der Waals surface area contributed by atoms with E-state index in [9.17, 15) is 47.9 Å². The first-order chi connectivity index (χ1) is 60.2. The molecule has 23 heteroatoms. The zero-order valence-corrected chi connectivity index (χ0v) is 72.9. The van der Waals surface area contributed by atoms with Crippen LogP contribution in [0.2, 0.25) is 0 Å². The number of hydrogen-bond donors (Lipinski definition) is 0. The second kappa shape index (κ2) is 59.5. The SMILES string of the molecule is C1CCC2CCCC2C1.C=CC(=O)OC.C=CC(=O)OC.C=CC(=O)OCC.C=CC(=O)OCC1CC2CC1C1CCCC21.C=CC(=O)OCCOc1ccc(C(C)(C)c2ccc(OCCOC(=O)C=C)cc2)cc1.C=CC(=O)OCc1ccc(Cc2ccc(COC(=O)C=C)cc2)cc1.C=CC(=O)OCc1ccc(Oc2ccc(COC(=O)C=C)cc2)cc1. The van der Waals surface area contributed by atoms with E-state index < -0.39 is 47.8 Å². The summed E-state index contributed by atoms with van der Waals surface area (Å²) in [5, 5.41) is 0. The van der Waals surface area contributed by atoms with Crippen molar-refractivity contribution in [3.8, 4) is 23.0 Å². The highest BCUT2D eigenvalue weighted by Gasteiger charge is 2.54. The van der Waals surface area contributed by atoms with Crippen LogP contribution in [0, 0.1) is 41.4 Å². The van der Waals surface area contributed by atoms with E-state index >= 15 is 0 Å². The summed E-state index contributed by atoms with van der Waals surface area (Å²) in [5.74, 6) is 5.39. The van der Waals surface area contributed by atoms with E-state index in [1.807, 2.05) is 121 Å². The Morgan fingerprint density at radius 2 is 0.608 bits per heavy atom. The molecule has 23 nitrogen and oxygen atoms in total. The molecule has 0 aromatic heterocycles. The van der Waals surface area contributed by atoms with Crippen molar-refractivity contribution in [3.63, 3.8) is 0 Å². The molecule has 0 amide bonds. The number of carbonyl (C=O) groups excluding carboxylic acids is 10. The third-order valence-corrected chi connectivity index (χ3v) is 21.0. The lowest BCUT2D eigenvalue weighted by Gasteiger charge is -2.31. The van der Waals surface area contributed by atoms with Gasteiger partial charge in [-0.25, -0.2) is 47.9 Å². The second-order valence-electron chi connectivity index (χ2n) is 29.5. The Hall–Kier alpha value is -13.2. The molecular weight excluding hydrogens is 1590 g/mol. The van der Waals surface area contributed by atoms with Crippen LogP contribution in [0.3, 0.4) is 0 Å². The summed E-state index contributed by atoms with van der Waals surface area (Å²) in [6, 6.07) is 45.9. The largest absolute Gasteiger partial charge is 0.490 e. The third kappa shape index (κ3) is 40.6.